The van der Waals surface area contributed by atoms with Crippen molar-refractivity contribution in [2.24, 2.45) is 13.0 Å². The van der Waals surface area contributed by atoms with Crippen LogP contribution in [-0.2, 0) is 20.1 Å². The van der Waals surface area contributed by atoms with Crippen LogP contribution in [0.3, 0.4) is 0 Å². The van der Waals surface area contributed by atoms with Crippen LogP contribution in [0.2, 0.25) is 0 Å². The molecule has 0 fully saturated rings. The van der Waals surface area contributed by atoms with Gasteiger partial charge in [0.1, 0.15) is 0 Å². The van der Waals surface area contributed by atoms with E-state index in [2.05, 4.69) is 36.9 Å². The van der Waals surface area contributed by atoms with Crippen molar-refractivity contribution in [2.45, 2.75) is 40.8 Å². The number of benzene rings is 1. The van der Waals surface area contributed by atoms with Crippen LogP contribution in [0.5, 0.6) is 0 Å². The number of anilines is 2. The lowest BCUT2D eigenvalue weighted by atomic mass is 10.1. The van der Waals surface area contributed by atoms with Gasteiger partial charge >= 0.3 is 5.69 Å². The third-order valence-electron chi connectivity index (χ3n) is 5.07. The van der Waals surface area contributed by atoms with Crippen molar-refractivity contribution in [3.63, 3.8) is 0 Å². The highest BCUT2D eigenvalue weighted by Crippen LogP contribution is 2.32. The molecule has 0 bridgehead atoms. The molecule has 0 unspecified atom stereocenters. The molecule has 1 aliphatic heterocycles. The molecule has 7 nitrogen and oxygen atoms in total. The maximum Gasteiger partial charge on any atom is 0.332 e. The Balaban J connectivity index is 1.95. The zero-order valence-corrected chi connectivity index (χ0v) is 16.5. The van der Waals surface area contributed by atoms with Crippen LogP contribution in [0, 0.1) is 19.8 Å². The number of hydrogen-bond donors (Lipinski definition) is 0. The lowest BCUT2D eigenvalue weighted by molar-refractivity contribution is 0.484. The van der Waals surface area contributed by atoms with Gasteiger partial charge in [-0.25, -0.2) is 4.79 Å². The van der Waals surface area contributed by atoms with Crippen LogP contribution in [0.25, 0.3) is 11.2 Å². The fourth-order valence-corrected chi connectivity index (χ4v) is 3.96. The van der Waals surface area contributed by atoms with E-state index in [0.29, 0.717) is 24.3 Å². The number of imidazole rings is 1. The Morgan fingerprint density at radius 3 is 2.37 bits per heavy atom. The Morgan fingerprint density at radius 1 is 1.07 bits per heavy atom. The fraction of sp³-hybridized carbons (Fsp3) is 0.450. The Hall–Kier alpha value is -2.83. The molecule has 3 heterocycles. The van der Waals surface area contributed by atoms with Crippen LogP contribution in [0.1, 0.15) is 25.0 Å². The van der Waals surface area contributed by atoms with E-state index < -0.39 is 0 Å². The molecule has 142 valence electrons. The summed E-state index contributed by atoms with van der Waals surface area (Å²) in [6, 6.07) is 6.38. The topological polar surface area (TPSA) is 65.1 Å². The zero-order chi connectivity index (χ0) is 19.5. The van der Waals surface area contributed by atoms with E-state index in [4.69, 9.17) is 4.98 Å². The Kier molecular flexibility index (Phi) is 3.98. The highest BCUT2D eigenvalue weighted by Gasteiger charge is 2.29. The molecule has 0 spiro atoms. The Labute approximate surface area is 157 Å². The standard InChI is InChI=1S/C20H25N5O2/c1-12(2)11-25-18(26)16-17(22(5)20(25)27)21-19-23(6-7-24(16)19)15-9-13(3)8-14(4)10-15/h8-10,12H,6-7,11H2,1-5H3. The van der Waals surface area contributed by atoms with Crippen molar-refractivity contribution in [1.29, 1.82) is 0 Å². The Bertz CT molecular complexity index is 1150. The molecule has 4 rings (SSSR count). The molecule has 0 N–H and O–H groups in total. The van der Waals surface area contributed by atoms with E-state index in [9.17, 15) is 9.59 Å². The first kappa shape index (κ1) is 17.6. The molecule has 0 aliphatic carbocycles. The van der Waals surface area contributed by atoms with Crippen molar-refractivity contribution in [2.75, 3.05) is 11.4 Å². The predicted octanol–water partition coefficient (Wildman–Crippen LogP) is 2.32. The summed E-state index contributed by atoms with van der Waals surface area (Å²) in [5.41, 5.74) is 3.85. The van der Waals surface area contributed by atoms with Gasteiger partial charge in [-0.15, -0.1) is 0 Å². The number of fused-ring (bicyclic) bond motifs is 3. The molecule has 2 aromatic heterocycles. The minimum atomic E-state index is -0.309. The van der Waals surface area contributed by atoms with Crippen molar-refractivity contribution < 1.29 is 0 Å². The monoisotopic (exact) mass is 367 g/mol. The minimum absolute atomic E-state index is 0.209. The zero-order valence-electron chi connectivity index (χ0n) is 16.5. The molecule has 27 heavy (non-hydrogen) atoms. The van der Waals surface area contributed by atoms with E-state index in [1.807, 2.05) is 18.4 Å². The average molecular weight is 367 g/mol. The van der Waals surface area contributed by atoms with Crippen molar-refractivity contribution >= 4 is 22.8 Å². The molecule has 0 radical (unpaired) electrons. The second-order valence-electron chi connectivity index (χ2n) is 7.88. The fourth-order valence-electron chi connectivity index (χ4n) is 3.96. The number of aromatic nitrogens is 4. The second kappa shape index (κ2) is 6.11. The number of rotatable bonds is 3. The number of hydrogen-bond acceptors (Lipinski definition) is 4. The summed E-state index contributed by atoms with van der Waals surface area (Å²) in [4.78, 5) is 32.6. The summed E-state index contributed by atoms with van der Waals surface area (Å²) < 4.78 is 4.77. The van der Waals surface area contributed by atoms with Gasteiger partial charge in [-0.3, -0.25) is 13.9 Å². The normalized spacial score (nSPS) is 13.8. The van der Waals surface area contributed by atoms with Crippen LogP contribution in [0.15, 0.2) is 27.8 Å². The van der Waals surface area contributed by atoms with E-state index in [0.717, 1.165) is 18.2 Å². The first-order valence-corrected chi connectivity index (χ1v) is 9.34. The third-order valence-corrected chi connectivity index (χ3v) is 5.07. The van der Waals surface area contributed by atoms with Gasteiger partial charge in [-0.05, 0) is 43.0 Å². The largest absolute Gasteiger partial charge is 0.332 e. The van der Waals surface area contributed by atoms with E-state index in [-0.39, 0.29) is 17.2 Å². The number of nitrogens with zero attached hydrogens (tertiary/aromatic N) is 5. The molecule has 0 amide bonds. The van der Waals surface area contributed by atoms with Crippen LogP contribution >= 0.6 is 0 Å². The van der Waals surface area contributed by atoms with Gasteiger partial charge in [0.2, 0.25) is 5.95 Å². The molecule has 7 heteroatoms. The van der Waals surface area contributed by atoms with E-state index in [1.54, 1.807) is 7.05 Å². The van der Waals surface area contributed by atoms with Crippen LogP contribution in [-0.4, -0.2) is 25.2 Å². The van der Waals surface area contributed by atoms with Gasteiger partial charge < -0.3 is 9.47 Å². The average Bonchev–Trinajstić information content (AvgIpc) is 3.14. The quantitative estimate of drug-likeness (QED) is 0.713. The maximum atomic E-state index is 13.1. The van der Waals surface area contributed by atoms with Gasteiger partial charge in [0, 0.05) is 32.4 Å². The van der Waals surface area contributed by atoms with Crippen LogP contribution < -0.4 is 16.1 Å². The highest BCUT2D eigenvalue weighted by molar-refractivity contribution is 5.78. The van der Waals surface area contributed by atoms with Crippen molar-refractivity contribution in [3.05, 3.63) is 50.2 Å². The first-order valence-electron chi connectivity index (χ1n) is 9.34. The molecule has 1 aromatic carbocycles. The third kappa shape index (κ3) is 2.69. The minimum Gasteiger partial charge on any atom is -0.310 e. The molecular weight excluding hydrogens is 342 g/mol. The van der Waals surface area contributed by atoms with Crippen molar-refractivity contribution in [3.8, 4) is 0 Å². The molecule has 0 saturated carbocycles. The second-order valence-corrected chi connectivity index (χ2v) is 7.88. The summed E-state index contributed by atoms with van der Waals surface area (Å²) in [6.07, 6.45) is 0. The van der Waals surface area contributed by atoms with Crippen molar-refractivity contribution in [1.82, 2.24) is 18.7 Å². The SMILES string of the molecule is Cc1cc(C)cc(N2CCn3c2nc2c3c(=O)n(CC(C)C)c(=O)n2C)c1. The molecule has 0 atom stereocenters. The summed E-state index contributed by atoms with van der Waals surface area (Å²) in [5.74, 6) is 0.935. The van der Waals surface area contributed by atoms with E-state index >= 15 is 0 Å². The summed E-state index contributed by atoms with van der Waals surface area (Å²) in [5, 5.41) is 0. The lowest BCUT2D eigenvalue weighted by Gasteiger charge is -2.17. The summed E-state index contributed by atoms with van der Waals surface area (Å²) >= 11 is 0. The summed E-state index contributed by atoms with van der Waals surface area (Å²) in [6.45, 7) is 9.98. The summed E-state index contributed by atoms with van der Waals surface area (Å²) in [7, 11) is 1.69. The molecular formula is C20H25N5O2. The molecule has 0 saturated heterocycles. The first-order chi connectivity index (χ1) is 12.8. The molecule has 1 aliphatic rings. The van der Waals surface area contributed by atoms with Gasteiger partial charge in [-0.2, -0.15) is 4.98 Å². The maximum absolute atomic E-state index is 13.1. The Morgan fingerprint density at radius 2 is 1.74 bits per heavy atom. The smallest absolute Gasteiger partial charge is 0.310 e. The predicted molar refractivity (Wildman–Crippen MR) is 107 cm³/mol. The highest BCUT2D eigenvalue weighted by atomic mass is 16.2. The molecule has 3 aromatic rings. The lowest BCUT2D eigenvalue weighted by Crippen LogP contribution is -2.40. The van der Waals surface area contributed by atoms with Gasteiger partial charge in [0.25, 0.3) is 5.56 Å². The van der Waals surface area contributed by atoms with Gasteiger partial charge in [0.05, 0.1) is 0 Å². The van der Waals surface area contributed by atoms with E-state index in [1.165, 1.54) is 20.3 Å². The number of aryl methyl sites for hydroxylation is 3. The van der Waals surface area contributed by atoms with Gasteiger partial charge in [0.15, 0.2) is 11.2 Å². The van der Waals surface area contributed by atoms with Crippen LogP contribution in [0.4, 0.5) is 11.6 Å². The van der Waals surface area contributed by atoms with Gasteiger partial charge in [-0.1, -0.05) is 19.9 Å².